The Morgan fingerprint density at radius 1 is 0.759 bits per heavy atom. The van der Waals surface area contributed by atoms with E-state index in [0.717, 1.165) is 0 Å². The Morgan fingerprint density at radius 2 is 1.07 bits per heavy atom. The summed E-state index contributed by atoms with van der Waals surface area (Å²) in [6.45, 7) is 3.34. The molecule has 0 aliphatic heterocycles. The number of benzene rings is 2. The number of rotatable bonds is 6. The first-order valence-electron chi connectivity index (χ1n) is 7.65. The second-order valence-electron chi connectivity index (χ2n) is 6.09. The topological polar surface area (TPSA) is 120 Å². The lowest BCUT2D eigenvalue weighted by atomic mass is 10.1. The van der Waals surface area contributed by atoms with Gasteiger partial charge >= 0.3 is 0 Å². The van der Waals surface area contributed by atoms with Crippen LogP contribution in [0, 0.1) is 34.1 Å². The highest BCUT2D eigenvalue weighted by molar-refractivity contribution is 14.2. The van der Waals surface area contributed by atoms with Crippen LogP contribution in [0.15, 0.2) is 36.4 Å². The van der Waals surface area contributed by atoms with E-state index in [2.05, 4.69) is 0 Å². The van der Waals surface area contributed by atoms with Crippen LogP contribution in [0.3, 0.4) is 0 Å². The van der Waals surface area contributed by atoms with E-state index < -0.39 is 21.2 Å². The third-order valence-corrected chi connectivity index (χ3v) is 15.1. The van der Waals surface area contributed by atoms with Crippen molar-refractivity contribution in [3.8, 4) is 0 Å². The molecule has 156 valence electrons. The van der Waals surface area contributed by atoms with Gasteiger partial charge in [0.1, 0.15) is 0 Å². The van der Waals surface area contributed by atoms with Gasteiger partial charge in [-0.25, -0.2) is 8.42 Å². The predicted molar refractivity (Wildman–Crippen MR) is 144 cm³/mol. The minimum Gasteiger partial charge on any atom is -0.258 e. The van der Waals surface area contributed by atoms with Gasteiger partial charge in [-0.05, 0) is 127 Å². The number of aryl methyl sites for hydroxylation is 2. The van der Waals surface area contributed by atoms with Crippen molar-refractivity contribution in [3.05, 3.63) is 78.9 Å². The Kier molecular flexibility index (Phi) is 7.81. The first kappa shape index (κ1) is 25.4. The van der Waals surface area contributed by atoms with Gasteiger partial charge in [0.25, 0.3) is 11.4 Å². The first-order valence-corrected chi connectivity index (χ1v) is 13.4. The molecular weight excluding hydrogens is 856 g/mol. The van der Waals surface area contributed by atoms with E-state index in [0.29, 0.717) is 11.1 Å². The van der Waals surface area contributed by atoms with Crippen LogP contribution >= 0.6 is 90.4 Å². The summed E-state index contributed by atoms with van der Waals surface area (Å²) >= 11 is 6.63. The van der Waals surface area contributed by atoms with E-state index in [9.17, 15) is 28.6 Å². The summed E-state index contributed by atoms with van der Waals surface area (Å²) in [5, 5.41) is 23.1. The maximum atomic E-state index is 13.7. The third-order valence-electron chi connectivity index (χ3n) is 4.00. The fourth-order valence-electron chi connectivity index (χ4n) is 2.53. The molecule has 0 unspecified atom stereocenters. The summed E-state index contributed by atoms with van der Waals surface area (Å²) in [6, 6.07) is 8.65. The second-order valence-corrected chi connectivity index (χ2v) is 21.9. The molecule has 8 nitrogen and oxygen atoms in total. The molecule has 0 aliphatic rings. The van der Waals surface area contributed by atoms with Crippen molar-refractivity contribution in [2.24, 2.45) is 0 Å². The van der Waals surface area contributed by atoms with Crippen molar-refractivity contribution in [1.29, 1.82) is 0 Å². The molecule has 0 fully saturated rings. The summed E-state index contributed by atoms with van der Waals surface area (Å²) in [7, 11) is -4.24. The lowest BCUT2D eigenvalue weighted by Gasteiger charge is -2.30. The van der Waals surface area contributed by atoms with Gasteiger partial charge in [-0.3, -0.25) is 20.2 Å². The predicted octanol–water partition coefficient (Wildman–Crippen LogP) is 6.20. The van der Waals surface area contributed by atoms with Crippen LogP contribution in [0.2, 0.25) is 0 Å². The second kappa shape index (κ2) is 8.93. The quantitative estimate of drug-likeness (QED) is 0.148. The van der Waals surface area contributed by atoms with Crippen LogP contribution in [-0.2, 0) is 11.4 Å². The lowest BCUT2D eigenvalue weighted by molar-refractivity contribution is -0.385. The van der Waals surface area contributed by atoms with E-state index in [4.69, 9.17) is 0 Å². The van der Waals surface area contributed by atoms with Gasteiger partial charge < -0.3 is 0 Å². The fourth-order valence-corrected chi connectivity index (χ4v) is 14.6. The lowest BCUT2D eigenvalue weighted by Crippen LogP contribution is -2.35. The first-order chi connectivity index (χ1) is 13.1. The van der Waals surface area contributed by atoms with Gasteiger partial charge in [-0.15, -0.1) is 0 Å². The summed E-state index contributed by atoms with van der Waals surface area (Å²) in [4.78, 5) is 21.9. The zero-order valence-electron chi connectivity index (χ0n) is 14.7. The average Bonchev–Trinajstić information content (AvgIpc) is 2.60. The van der Waals surface area contributed by atoms with E-state index in [1.165, 1.54) is 24.3 Å². The minimum absolute atomic E-state index is 0.00164. The molecule has 0 spiro atoms. The normalized spacial score (nSPS) is 12.6. The van der Waals surface area contributed by atoms with Crippen LogP contribution in [0.4, 0.5) is 11.4 Å². The van der Waals surface area contributed by atoms with E-state index in [1.807, 2.05) is 0 Å². The Labute approximate surface area is 221 Å². The molecule has 13 heteroatoms. The smallest absolute Gasteiger partial charge is 0.258 e. The highest BCUT2D eigenvalue weighted by atomic mass is 127. The molecule has 0 atom stereocenters. The zero-order chi connectivity index (χ0) is 22.4. The Balaban J connectivity index is 2.78. The largest absolute Gasteiger partial charge is 0.276 e. The molecular formula is C16H12I4N2O6S. The minimum atomic E-state index is -4.24. The van der Waals surface area contributed by atoms with Crippen molar-refractivity contribution in [2.75, 3.05) is 0 Å². The highest BCUT2D eigenvalue weighted by Gasteiger charge is 2.57. The van der Waals surface area contributed by atoms with Gasteiger partial charge in [0.15, 0.2) is 0 Å². The summed E-state index contributed by atoms with van der Waals surface area (Å²) in [6.07, 6.45) is 0. The molecule has 0 aromatic heterocycles. The molecule has 0 heterocycles. The van der Waals surface area contributed by atoms with Gasteiger partial charge in [0, 0.05) is 12.1 Å². The molecule has 0 N–H and O–H groups in total. The molecule has 2 rings (SSSR count). The van der Waals surface area contributed by atoms with Gasteiger partial charge in [-0.2, -0.15) is 0 Å². The monoisotopic (exact) mass is 868 g/mol. The number of nitrogens with zero attached hydrogens (tertiary/aromatic N) is 2. The van der Waals surface area contributed by atoms with Crippen molar-refractivity contribution < 1.29 is 18.3 Å². The molecule has 2 aromatic carbocycles. The standard InChI is InChI=1S/C16H12I4N2O6S/c1-9-3-5-11(13(7-9)21(23)24)15(17,18)29(27,28)16(19,20)12-6-4-10(2)8-14(12)22(25)26/h3-8H,1-2H3. The molecule has 0 saturated heterocycles. The van der Waals surface area contributed by atoms with E-state index >= 15 is 0 Å². The summed E-state index contributed by atoms with van der Waals surface area (Å²) < 4.78 is 23.9. The van der Waals surface area contributed by atoms with Gasteiger partial charge in [-0.1, -0.05) is 12.1 Å². The maximum absolute atomic E-state index is 13.7. The molecule has 2 aromatic rings. The molecule has 0 bridgehead atoms. The van der Waals surface area contributed by atoms with Crippen LogP contribution in [0.1, 0.15) is 22.3 Å². The van der Waals surface area contributed by atoms with Gasteiger partial charge in [0.2, 0.25) is 11.4 Å². The Bertz CT molecular complexity index is 1040. The highest BCUT2D eigenvalue weighted by Crippen LogP contribution is 2.60. The number of hydrogen-bond donors (Lipinski definition) is 0. The average molecular weight is 868 g/mol. The van der Waals surface area contributed by atoms with Crippen LogP contribution in [0.5, 0.6) is 0 Å². The Hall–Kier alpha value is 0.110. The van der Waals surface area contributed by atoms with Crippen molar-refractivity contribution in [2.45, 2.75) is 15.4 Å². The van der Waals surface area contributed by atoms with Crippen molar-refractivity contribution in [3.63, 3.8) is 0 Å². The summed E-state index contributed by atoms with van der Waals surface area (Å²) in [5.74, 6) is 0. The number of halogens is 4. The zero-order valence-corrected chi connectivity index (χ0v) is 24.2. The fraction of sp³-hybridized carbons (Fsp3) is 0.250. The number of nitro benzene ring substituents is 2. The molecule has 0 radical (unpaired) electrons. The maximum Gasteiger partial charge on any atom is 0.276 e. The molecule has 0 amide bonds. The van der Waals surface area contributed by atoms with E-state index in [1.54, 1.807) is 116 Å². The SMILES string of the molecule is Cc1ccc(C(I)(I)S(=O)(=O)C(I)(I)c2ccc(C)cc2[N+](=O)[O-])c([N+](=O)[O-])c1. The van der Waals surface area contributed by atoms with E-state index in [-0.39, 0.29) is 22.5 Å². The number of alkyl halides is 4. The van der Waals surface area contributed by atoms with Gasteiger partial charge in [0.05, 0.1) is 21.0 Å². The van der Waals surface area contributed by atoms with Crippen LogP contribution in [0.25, 0.3) is 0 Å². The van der Waals surface area contributed by atoms with Crippen LogP contribution in [-0.4, -0.2) is 18.3 Å². The summed E-state index contributed by atoms with van der Waals surface area (Å²) in [5.41, 5.74) is 0.596. The molecule has 0 saturated carbocycles. The number of sulfone groups is 1. The van der Waals surface area contributed by atoms with Crippen molar-refractivity contribution in [1.82, 2.24) is 0 Å². The Morgan fingerprint density at radius 3 is 1.34 bits per heavy atom. The molecule has 29 heavy (non-hydrogen) atoms. The van der Waals surface area contributed by atoms with Crippen LogP contribution < -0.4 is 0 Å². The number of nitro groups is 2. The molecule has 0 aliphatic carbocycles. The van der Waals surface area contributed by atoms with Crippen molar-refractivity contribution >= 4 is 112 Å². The number of hydrogen-bond acceptors (Lipinski definition) is 6. The third kappa shape index (κ3) is 4.66.